The highest BCUT2D eigenvalue weighted by atomic mass is 79.9. The van der Waals surface area contributed by atoms with Gasteiger partial charge >= 0.3 is 0 Å². The van der Waals surface area contributed by atoms with E-state index in [-0.39, 0.29) is 0 Å². The number of aliphatic hydroxyl groups excluding tert-OH is 4. The fourth-order valence-corrected chi connectivity index (χ4v) is 1.63. The minimum atomic E-state index is -2.14. The second-order valence-corrected chi connectivity index (χ2v) is 4.01. The fourth-order valence-electron chi connectivity index (χ4n) is 1.11. The third-order valence-electron chi connectivity index (χ3n) is 1.92. The summed E-state index contributed by atoms with van der Waals surface area (Å²) in [6.07, 6.45) is -5.82. The predicted molar refractivity (Wildman–Crippen MR) is 43.9 cm³/mol. The summed E-state index contributed by atoms with van der Waals surface area (Å²) in [5, 5.41) is 45.6. The molecule has 0 spiro atoms. The van der Waals surface area contributed by atoms with Gasteiger partial charge in [0.15, 0.2) is 0 Å². The van der Waals surface area contributed by atoms with E-state index in [9.17, 15) is 20.4 Å². The maximum absolute atomic E-state index is 9.29. The predicted octanol–water partition coefficient (Wildman–Crippen LogP) is -2.50. The zero-order valence-corrected chi connectivity index (χ0v) is 8.12. The van der Waals surface area contributed by atoms with Gasteiger partial charge in [-0.05, 0) is 15.9 Å². The van der Waals surface area contributed by atoms with Crippen LogP contribution >= 0.6 is 15.9 Å². The Kier molecular flexibility index (Phi) is 3.29. The number of hydrogen-bond donors (Lipinski definition) is 5. The van der Waals surface area contributed by atoms with Crippen molar-refractivity contribution < 1.29 is 30.3 Å². The van der Waals surface area contributed by atoms with Gasteiger partial charge in [0, 0.05) is 0 Å². The molecule has 0 aromatic rings. The zero-order valence-electron chi connectivity index (χ0n) is 6.54. The summed E-state index contributed by atoms with van der Waals surface area (Å²) in [4.78, 5) is 0. The Balaban J connectivity index is 2.79. The van der Waals surface area contributed by atoms with Crippen LogP contribution < -0.4 is 0 Å². The highest BCUT2D eigenvalue weighted by Gasteiger charge is 2.51. The van der Waals surface area contributed by atoms with Crippen molar-refractivity contribution in [2.24, 2.45) is 0 Å². The second kappa shape index (κ2) is 3.77. The van der Waals surface area contributed by atoms with E-state index in [1.54, 1.807) is 0 Å². The Morgan fingerprint density at radius 2 is 1.77 bits per heavy atom. The van der Waals surface area contributed by atoms with Crippen molar-refractivity contribution in [3.05, 3.63) is 0 Å². The SMILES string of the molecule is OC[C@@H]1O[C@](O)(Br)[C@@H](O)[C@H](O)[C@H]1O. The third kappa shape index (κ3) is 2.01. The molecule has 0 bridgehead atoms. The molecule has 1 saturated heterocycles. The molecule has 0 amide bonds. The Bertz CT molecular complexity index is 184. The molecule has 78 valence electrons. The van der Waals surface area contributed by atoms with E-state index >= 15 is 0 Å². The molecule has 0 aromatic carbocycles. The molecule has 0 aromatic heterocycles. The average Bonchev–Trinajstić information content (AvgIpc) is 2.08. The summed E-state index contributed by atoms with van der Waals surface area (Å²) in [6.45, 7) is -0.571. The summed E-state index contributed by atoms with van der Waals surface area (Å²) in [6, 6.07) is 0. The van der Waals surface area contributed by atoms with Crippen molar-refractivity contribution in [2.45, 2.75) is 29.1 Å². The van der Waals surface area contributed by atoms with Crippen LogP contribution in [-0.2, 0) is 4.74 Å². The molecular weight excluding hydrogens is 248 g/mol. The van der Waals surface area contributed by atoms with Crippen LogP contribution in [0.2, 0.25) is 0 Å². The molecule has 1 aliphatic rings. The fraction of sp³-hybridized carbons (Fsp3) is 1.00. The summed E-state index contributed by atoms with van der Waals surface area (Å²) in [7, 11) is 0. The van der Waals surface area contributed by atoms with Crippen LogP contribution in [0.5, 0.6) is 0 Å². The minimum absolute atomic E-state index is 0.571. The van der Waals surface area contributed by atoms with Gasteiger partial charge in [-0.3, -0.25) is 0 Å². The number of alkyl halides is 1. The quantitative estimate of drug-likeness (QED) is 0.333. The highest BCUT2D eigenvalue weighted by Crippen LogP contribution is 2.32. The first kappa shape index (κ1) is 11.3. The van der Waals surface area contributed by atoms with E-state index in [1.807, 2.05) is 0 Å². The first-order valence-electron chi connectivity index (χ1n) is 3.64. The van der Waals surface area contributed by atoms with Gasteiger partial charge in [0.25, 0.3) is 4.70 Å². The monoisotopic (exact) mass is 258 g/mol. The van der Waals surface area contributed by atoms with Crippen LogP contribution in [0.3, 0.4) is 0 Å². The van der Waals surface area contributed by atoms with Gasteiger partial charge in [0.1, 0.15) is 24.4 Å². The van der Waals surface area contributed by atoms with Crippen molar-refractivity contribution in [2.75, 3.05) is 6.61 Å². The number of aliphatic hydroxyl groups is 5. The first-order chi connectivity index (χ1) is 5.90. The molecule has 1 rings (SSSR count). The molecule has 5 N–H and O–H groups in total. The summed E-state index contributed by atoms with van der Waals surface area (Å²) in [5.74, 6) is 0. The maximum Gasteiger partial charge on any atom is 0.254 e. The molecule has 6 nitrogen and oxygen atoms in total. The lowest BCUT2D eigenvalue weighted by Crippen LogP contribution is -2.62. The summed E-state index contributed by atoms with van der Waals surface area (Å²) >= 11 is 2.61. The average molecular weight is 259 g/mol. The van der Waals surface area contributed by atoms with Gasteiger partial charge in [-0.25, -0.2) is 0 Å². The van der Waals surface area contributed by atoms with Gasteiger partial charge < -0.3 is 30.3 Å². The Labute approximate surface area is 82.5 Å². The molecule has 1 heterocycles. The smallest absolute Gasteiger partial charge is 0.254 e. The van der Waals surface area contributed by atoms with Crippen molar-refractivity contribution in [1.82, 2.24) is 0 Å². The van der Waals surface area contributed by atoms with Crippen molar-refractivity contribution >= 4 is 15.9 Å². The number of hydrogen-bond acceptors (Lipinski definition) is 6. The molecule has 5 atom stereocenters. The molecule has 1 fully saturated rings. The van der Waals surface area contributed by atoms with E-state index in [2.05, 4.69) is 20.7 Å². The van der Waals surface area contributed by atoms with Gasteiger partial charge in [-0.2, -0.15) is 0 Å². The normalized spacial score (nSPS) is 52.2. The Hall–Kier alpha value is 0.240. The standard InChI is InChI=1S/C6H11BrO6/c7-6(12)5(11)4(10)3(9)2(1-8)13-6/h2-5,8-12H,1H2/t2-,3-,4+,5-,6-/m0/s1. The van der Waals surface area contributed by atoms with Crippen LogP contribution in [0.1, 0.15) is 0 Å². The van der Waals surface area contributed by atoms with Gasteiger partial charge in [-0.15, -0.1) is 0 Å². The molecule has 7 heteroatoms. The van der Waals surface area contributed by atoms with Crippen LogP contribution in [-0.4, -0.2) is 61.3 Å². The molecular formula is C6H11BrO6. The molecule has 0 saturated carbocycles. The van der Waals surface area contributed by atoms with Crippen molar-refractivity contribution in [3.8, 4) is 0 Å². The lowest BCUT2D eigenvalue weighted by molar-refractivity contribution is -0.301. The van der Waals surface area contributed by atoms with E-state index in [1.165, 1.54) is 0 Å². The molecule has 1 aliphatic heterocycles. The van der Waals surface area contributed by atoms with E-state index in [0.29, 0.717) is 0 Å². The lowest BCUT2D eigenvalue weighted by atomic mass is 9.99. The molecule has 0 radical (unpaired) electrons. The Morgan fingerprint density at radius 1 is 1.23 bits per heavy atom. The minimum Gasteiger partial charge on any atom is -0.394 e. The van der Waals surface area contributed by atoms with Gasteiger partial charge in [0.05, 0.1) is 6.61 Å². The molecule has 13 heavy (non-hydrogen) atoms. The number of halogens is 1. The maximum atomic E-state index is 9.29. The van der Waals surface area contributed by atoms with E-state index < -0.39 is 35.7 Å². The van der Waals surface area contributed by atoms with Crippen molar-refractivity contribution in [1.29, 1.82) is 0 Å². The van der Waals surface area contributed by atoms with Gasteiger partial charge in [0.2, 0.25) is 0 Å². The topological polar surface area (TPSA) is 110 Å². The van der Waals surface area contributed by atoms with Crippen LogP contribution in [0.4, 0.5) is 0 Å². The first-order valence-corrected chi connectivity index (χ1v) is 4.43. The highest BCUT2D eigenvalue weighted by molar-refractivity contribution is 9.10. The molecule has 0 unspecified atom stereocenters. The molecule has 0 aliphatic carbocycles. The van der Waals surface area contributed by atoms with Crippen LogP contribution in [0.25, 0.3) is 0 Å². The summed E-state index contributed by atoms with van der Waals surface area (Å²) in [5.41, 5.74) is 0. The largest absolute Gasteiger partial charge is 0.394 e. The number of rotatable bonds is 1. The van der Waals surface area contributed by atoms with E-state index in [4.69, 9.17) is 5.11 Å². The van der Waals surface area contributed by atoms with Crippen molar-refractivity contribution in [3.63, 3.8) is 0 Å². The van der Waals surface area contributed by atoms with Crippen LogP contribution in [0.15, 0.2) is 0 Å². The summed E-state index contributed by atoms with van der Waals surface area (Å²) < 4.78 is 2.54. The second-order valence-electron chi connectivity index (χ2n) is 2.87. The third-order valence-corrected chi connectivity index (χ3v) is 2.57. The van der Waals surface area contributed by atoms with Gasteiger partial charge in [-0.1, -0.05) is 0 Å². The zero-order chi connectivity index (χ0) is 10.2. The lowest BCUT2D eigenvalue weighted by Gasteiger charge is -2.42. The Morgan fingerprint density at radius 3 is 2.23 bits per heavy atom. The number of ether oxygens (including phenoxy) is 1. The van der Waals surface area contributed by atoms with E-state index in [0.717, 1.165) is 0 Å². The van der Waals surface area contributed by atoms with Crippen LogP contribution in [0, 0.1) is 0 Å².